The second-order valence-electron chi connectivity index (χ2n) is 9.35. The highest BCUT2D eigenvalue weighted by atomic mass is 16.4. The molecule has 5 N–H and O–H groups in total. The van der Waals surface area contributed by atoms with Crippen molar-refractivity contribution in [1.82, 2.24) is 0 Å². The largest absolute Gasteiger partial charge is 0.503 e. The van der Waals surface area contributed by atoms with Crippen LogP contribution in [0.4, 0.5) is 0 Å². The minimum Gasteiger partial charge on any atom is -0.503 e. The van der Waals surface area contributed by atoms with Crippen molar-refractivity contribution in [2.45, 2.75) is 52.4 Å². The molecule has 3 rings (SSSR count). The van der Waals surface area contributed by atoms with Crippen molar-refractivity contribution < 1.29 is 30.3 Å². The number of aldehydes is 1. The van der Waals surface area contributed by atoms with Crippen LogP contribution in [0.15, 0.2) is 12.1 Å². The molecule has 6 heteroatoms. The fourth-order valence-electron chi connectivity index (χ4n) is 4.24. The van der Waals surface area contributed by atoms with E-state index < -0.39 is 34.3 Å². The van der Waals surface area contributed by atoms with Crippen LogP contribution in [0.5, 0.6) is 28.7 Å². The van der Waals surface area contributed by atoms with Gasteiger partial charge in [0.2, 0.25) is 17.2 Å². The molecule has 0 heterocycles. The monoisotopic (exact) mass is 410 g/mol. The molecule has 30 heavy (non-hydrogen) atoms. The molecule has 0 aromatic heterocycles. The van der Waals surface area contributed by atoms with Gasteiger partial charge in [-0.25, -0.2) is 0 Å². The lowest BCUT2D eigenvalue weighted by Crippen LogP contribution is -2.42. The van der Waals surface area contributed by atoms with Gasteiger partial charge in [0.25, 0.3) is 0 Å². The number of rotatable bonds is 1. The van der Waals surface area contributed by atoms with Gasteiger partial charge in [0.05, 0.1) is 0 Å². The summed E-state index contributed by atoms with van der Waals surface area (Å²) in [6.07, 6.45) is 0.699. The number of phenolic OH excluding ortho intramolecular Hbond substituents is 5. The van der Waals surface area contributed by atoms with E-state index in [9.17, 15) is 30.3 Å². The molecule has 0 amide bonds. The number of carbonyl (C=O) groups excluding carboxylic acids is 1. The number of benzene rings is 2. The summed E-state index contributed by atoms with van der Waals surface area (Å²) in [5.41, 5.74) is 1.88. The van der Waals surface area contributed by atoms with Gasteiger partial charge in [-0.15, -0.1) is 0 Å². The lowest BCUT2D eigenvalue weighted by Gasteiger charge is -2.44. The van der Waals surface area contributed by atoms with Crippen LogP contribution in [0.3, 0.4) is 0 Å². The van der Waals surface area contributed by atoms with Crippen molar-refractivity contribution >= 4 is 6.29 Å². The highest BCUT2D eigenvalue weighted by Gasteiger charge is 2.56. The van der Waals surface area contributed by atoms with Gasteiger partial charge < -0.3 is 25.5 Å². The van der Waals surface area contributed by atoms with E-state index in [4.69, 9.17) is 0 Å². The molecule has 0 unspecified atom stereocenters. The van der Waals surface area contributed by atoms with Gasteiger partial charge in [0.1, 0.15) is 5.56 Å². The second kappa shape index (κ2) is 6.33. The zero-order chi connectivity index (χ0) is 22.8. The van der Waals surface area contributed by atoms with Gasteiger partial charge in [0, 0.05) is 11.1 Å². The van der Waals surface area contributed by atoms with Crippen LogP contribution < -0.4 is 0 Å². The van der Waals surface area contributed by atoms with E-state index in [1.807, 2.05) is 12.1 Å². The van der Waals surface area contributed by atoms with Crippen molar-refractivity contribution in [3.8, 4) is 40.6 Å². The van der Waals surface area contributed by atoms with Gasteiger partial charge in [-0.3, -0.25) is 4.79 Å². The SMILES string of the molecule is CC1(C)c2cc(C#Cc3c(O)c(O)c(O)c(O)c3O)c(C=O)cc2C(C)(C)C1(C)C. The molecule has 0 spiro atoms. The van der Waals surface area contributed by atoms with Gasteiger partial charge in [0.15, 0.2) is 17.8 Å². The lowest BCUT2D eigenvalue weighted by atomic mass is 9.59. The third-order valence-corrected chi connectivity index (χ3v) is 7.48. The van der Waals surface area contributed by atoms with E-state index in [-0.39, 0.29) is 16.2 Å². The number of phenols is 5. The maximum Gasteiger partial charge on any atom is 0.208 e. The number of carbonyl (C=O) groups is 1. The van der Waals surface area contributed by atoms with Crippen LogP contribution >= 0.6 is 0 Å². The molecule has 0 saturated heterocycles. The Hall–Kier alpha value is -3.33. The quantitative estimate of drug-likeness (QED) is 0.210. The zero-order valence-corrected chi connectivity index (χ0v) is 17.9. The first-order valence-electron chi connectivity index (χ1n) is 9.55. The van der Waals surface area contributed by atoms with Crippen LogP contribution in [0.2, 0.25) is 0 Å². The minimum atomic E-state index is -1.05. The summed E-state index contributed by atoms with van der Waals surface area (Å²) in [5, 5.41) is 48.9. The average Bonchev–Trinajstić information content (AvgIpc) is 2.78. The molecule has 0 aliphatic heterocycles. The van der Waals surface area contributed by atoms with Gasteiger partial charge in [-0.05, 0) is 39.5 Å². The molecule has 0 radical (unpaired) electrons. The third kappa shape index (κ3) is 2.55. The van der Waals surface area contributed by atoms with Crippen molar-refractivity contribution in [2.75, 3.05) is 0 Å². The summed E-state index contributed by atoms with van der Waals surface area (Å²) in [7, 11) is 0. The molecule has 0 fully saturated rings. The molecule has 2 aromatic carbocycles. The molecule has 0 bridgehead atoms. The van der Waals surface area contributed by atoms with Crippen molar-refractivity contribution in [1.29, 1.82) is 0 Å². The molecule has 0 atom stereocenters. The summed E-state index contributed by atoms with van der Waals surface area (Å²) in [6.45, 7) is 13.0. The normalized spacial score (nSPS) is 17.7. The molecular formula is C24H26O6. The molecular weight excluding hydrogens is 384 g/mol. The summed E-state index contributed by atoms with van der Waals surface area (Å²) in [4.78, 5) is 11.8. The fraction of sp³-hybridized carbons (Fsp3) is 0.375. The first-order chi connectivity index (χ1) is 13.7. The number of fused-ring (bicyclic) bond motifs is 1. The van der Waals surface area contributed by atoms with Crippen LogP contribution in [0.1, 0.15) is 74.2 Å². The summed E-state index contributed by atoms with van der Waals surface area (Å²) >= 11 is 0. The number of hydrogen-bond donors (Lipinski definition) is 5. The summed E-state index contributed by atoms with van der Waals surface area (Å²) < 4.78 is 0. The van der Waals surface area contributed by atoms with E-state index in [2.05, 4.69) is 53.4 Å². The van der Waals surface area contributed by atoms with Gasteiger partial charge >= 0.3 is 0 Å². The molecule has 2 aromatic rings. The Bertz CT molecular complexity index is 1110. The maximum absolute atomic E-state index is 11.8. The van der Waals surface area contributed by atoms with Gasteiger partial charge in [-0.1, -0.05) is 53.4 Å². The topological polar surface area (TPSA) is 118 Å². The summed E-state index contributed by atoms with van der Waals surface area (Å²) in [6, 6.07) is 3.67. The molecule has 1 aliphatic carbocycles. The minimum absolute atomic E-state index is 0.111. The van der Waals surface area contributed by atoms with Crippen LogP contribution in [-0.2, 0) is 10.8 Å². The smallest absolute Gasteiger partial charge is 0.208 e. The lowest BCUT2D eigenvalue weighted by molar-refractivity contribution is 0.112. The van der Waals surface area contributed by atoms with Crippen molar-refractivity contribution in [3.63, 3.8) is 0 Å². The Kier molecular flexibility index (Phi) is 4.51. The first-order valence-corrected chi connectivity index (χ1v) is 9.55. The van der Waals surface area contributed by atoms with Crippen LogP contribution in [-0.4, -0.2) is 31.8 Å². The van der Waals surface area contributed by atoms with Crippen molar-refractivity contribution in [2.24, 2.45) is 5.41 Å². The highest BCUT2D eigenvalue weighted by molar-refractivity contribution is 5.82. The van der Waals surface area contributed by atoms with Crippen LogP contribution in [0.25, 0.3) is 0 Å². The van der Waals surface area contributed by atoms with E-state index in [0.717, 1.165) is 11.1 Å². The predicted molar refractivity (Wildman–Crippen MR) is 112 cm³/mol. The Balaban J connectivity index is 2.26. The summed E-state index contributed by atoms with van der Waals surface area (Å²) in [5.74, 6) is 0.475. The van der Waals surface area contributed by atoms with Crippen LogP contribution in [0, 0.1) is 17.3 Å². The third-order valence-electron chi connectivity index (χ3n) is 7.48. The highest BCUT2D eigenvalue weighted by Crippen LogP contribution is 2.61. The molecule has 0 saturated carbocycles. The fourth-order valence-corrected chi connectivity index (χ4v) is 4.24. The van der Waals surface area contributed by atoms with Crippen molar-refractivity contribution in [3.05, 3.63) is 39.9 Å². The average molecular weight is 410 g/mol. The molecule has 158 valence electrons. The predicted octanol–water partition coefficient (Wildman–Crippen LogP) is 4.02. The number of hydrogen-bond acceptors (Lipinski definition) is 6. The van der Waals surface area contributed by atoms with E-state index in [1.165, 1.54) is 0 Å². The second-order valence-corrected chi connectivity index (χ2v) is 9.35. The molecule has 1 aliphatic rings. The Morgan fingerprint density at radius 2 is 1.13 bits per heavy atom. The van der Waals surface area contributed by atoms with E-state index in [0.29, 0.717) is 17.4 Å². The van der Waals surface area contributed by atoms with E-state index in [1.54, 1.807) is 0 Å². The Labute approximate surface area is 175 Å². The maximum atomic E-state index is 11.8. The first kappa shape index (κ1) is 21.4. The Morgan fingerprint density at radius 1 is 0.700 bits per heavy atom. The molecule has 6 nitrogen and oxygen atoms in total. The standard InChI is InChI=1S/C24H26O6/c1-22(2)15-9-12(13(11-25)10-16(15)23(3,4)24(22,5)6)7-8-14-17(26)19(28)21(30)20(29)18(14)27/h9-11,26-30H,1-6H3. The zero-order valence-electron chi connectivity index (χ0n) is 17.9. The van der Waals surface area contributed by atoms with Gasteiger partial charge in [-0.2, -0.15) is 0 Å². The van der Waals surface area contributed by atoms with E-state index >= 15 is 0 Å². The number of aromatic hydroxyl groups is 5. The Morgan fingerprint density at radius 3 is 1.60 bits per heavy atom.